The minimum absolute atomic E-state index is 0.190. The Morgan fingerprint density at radius 1 is 1.45 bits per heavy atom. The summed E-state index contributed by atoms with van der Waals surface area (Å²) < 4.78 is 0. The summed E-state index contributed by atoms with van der Waals surface area (Å²) in [5, 5.41) is 18.0. The lowest BCUT2D eigenvalue weighted by molar-refractivity contribution is 0.0450. The summed E-state index contributed by atoms with van der Waals surface area (Å²) in [7, 11) is 2.01. The van der Waals surface area contributed by atoms with E-state index in [1.807, 2.05) is 7.05 Å². The van der Waals surface area contributed by atoms with Crippen molar-refractivity contribution < 1.29 is 10.2 Å². The molecule has 0 aromatic rings. The molecule has 0 bridgehead atoms. The summed E-state index contributed by atoms with van der Waals surface area (Å²) in [5.74, 6) is 0.480. The summed E-state index contributed by atoms with van der Waals surface area (Å²) in [5.41, 5.74) is 0. The average Bonchev–Trinajstić information content (AvgIpc) is 1.85. The Kier molecular flexibility index (Phi) is 3.30. The van der Waals surface area contributed by atoms with Crippen LogP contribution in [0.3, 0.4) is 0 Å². The van der Waals surface area contributed by atoms with Crippen molar-refractivity contribution in [1.29, 1.82) is 0 Å². The number of rotatable bonds is 2. The monoisotopic (exact) mass is 159 g/mol. The first-order valence-corrected chi connectivity index (χ1v) is 4.20. The highest BCUT2D eigenvalue weighted by Gasteiger charge is 2.22. The van der Waals surface area contributed by atoms with Crippen LogP contribution in [0.4, 0.5) is 0 Å². The number of hydrogen-bond acceptors (Lipinski definition) is 3. The lowest BCUT2D eigenvalue weighted by atomic mass is 9.94. The zero-order valence-electron chi connectivity index (χ0n) is 7.03. The van der Waals surface area contributed by atoms with Gasteiger partial charge in [0.15, 0.2) is 0 Å². The number of nitrogens with zero attached hydrogens (tertiary/aromatic N) is 1. The topological polar surface area (TPSA) is 43.7 Å². The number of hydrogen-bond donors (Lipinski definition) is 2. The fourth-order valence-electron chi connectivity index (χ4n) is 1.80. The molecule has 3 nitrogen and oxygen atoms in total. The van der Waals surface area contributed by atoms with Gasteiger partial charge in [-0.3, -0.25) is 0 Å². The number of likely N-dealkylation sites (N-methyl/N-ethyl adjacent to an activating group) is 1. The summed E-state index contributed by atoms with van der Waals surface area (Å²) >= 11 is 0. The van der Waals surface area contributed by atoms with Crippen LogP contribution >= 0.6 is 0 Å². The van der Waals surface area contributed by atoms with E-state index >= 15 is 0 Å². The average molecular weight is 159 g/mol. The van der Waals surface area contributed by atoms with Gasteiger partial charge in [0.2, 0.25) is 0 Å². The van der Waals surface area contributed by atoms with Crippen LogP contribution in [0.1, 0.15) is 12.8 Å². The van der Waals surface area contributed by atoms with Gasteiger partial charge in [0.25, 0.3) is 0 Å². The fraction of sp³-hybridized carbons (Fsp3) is 1.00. The second-order valence-corrected chi connectivity index (χ2v) is 3.49. The molecule has 2 atom stereocenters. The van der Waals surface area contributed by atoms with Crippen LogP contribution in [0.5, 0.6) is 0 Å². The Morgan fingerprint density at radius 3 is 2.73 bits per heavy atom. The van der Waals surface area contributed by atoms with E-state index < -0.39 is 0 Å². The summed E-state index contributed by atoms with van der Waals surface area (Å²) in [6, 6.07) is 0. The van der Waals surface area contributed by atoms with Gasteiger partial charge in [0, 0.05) is 19.7 Å². The summed E-state index contributed by atoms with van der Waals surface area (Å²) in [4.78, 5) is 2.12. The molecule has 0 unspecified atom stereocenters. The highest BCUT2D eigenvalue weighted by Crippen LogP contribution is 2.18. The quantitative estimate of drug-likeness (QED) is 0.580. The van der Waals surface area contributed by atoms with E-state index in [0.29, 0.717) is 5.92 Å². The first-order valence-electron chi connectivity index (χ1n) is 4.20. The van der Waals surface area contributed by atoms with E-state index in [2.05, 4.69) is 4.90 Å². The van der Waals surface area contributed by atoms with Crippen molar-refractivity contribution in [3.8, 4) is 0 Å². The minimum atomic E-state index is -0.190. The van der Waals surface area contributed by atoms with Gasteiger partial charge in [-0.05, 0) is 25.8 Å². The predicted octanol–water partition coefficient (Wildman–Crippen LogP) is -0.319. The van der Waals surface area contributed by atoms with Crippen molar-refractivity contribution in [3.05, 3.63) is 0 Å². The van der Waals surface area contributed by atoms with E-state index in [1.165, 1.54) is 0 Å². The molecule has 1 fully saturated rings. The molecule has 0 aliphatic carbocycles. The number of aliphatic hydroxyl groups is 2. The van der Waals surface area contributed by atoms with E-state index in [1.54, 1.807) is 0 Å². The van der Waals surface area contributed by atoms with Gasteiger partial charge in [-0.2, -0.15) is 0 Å². The fourth-order valence-corrected chi connectivity index (χ4v) is 1.80. The molecular weight excluding hydrogens is 142 g/mol. The highest BCUT2D eigenvalue weighted by molar-refractivity contribution is 4.76. The van der Waals surface area contributed by atoms with Gasteiger partial charge in [0.05, 0.1) is 6.10 Å². The first-order chi connectivity index (χ1) is 5.22. The molecule has 0 radical (unpaired) electrons. The Bertz CT molecular complexity index is 109. The molecule has 0 aromatic carbocycles. The van der Waals surface area contributed by atoms with Crippen molar-refractivity contribution >= 4 is 0 Å². The van der Waals surface area contributed by atoms with Crippen molar-refractivity contribution in [2.24, 2.45) is 5.92 Å². The second kappa shape index (κ2) is 4.04. The van der Waals surface area contributed by atoms with Crippen LogP contribution < -0.4 is 0 Å². The van der Waals surface area contributed by atoms with Crippen LogP contribution in [0.15, 0.2) is 0 Å². The standard InChI is InChI=1S/C8H17NO2/c1-9-5-7(2-3-10)4-8(11)6-9/h7-8,10-11H,2-6H2,1H3/t7-,8+/m0/s1. The van der Waals surface area contributed by atoms with Crippen LogP contribution in [0, 0.1) is 5.92 Å². The molecule has 1 heterocycles. The van der Waals surface area contributed by atoms with Gasteiger partial charge in [-0.25, -0.2) is 0 Å². The number of β-amino-alcohol motifs (C(OH)–C–C–N with tert-alkyl or cyclic N) is 1. The lowest BCUT2D eigenvalue weighted by Crippen LogP contribution is -2.40. The zero-order chi connectivity index (χ0) is 8.27. The van der Waals surface area contributed by atoms with Gasteiger partial charge >= 0.3 is 0 Å². The summed E-state index contributed by atoms with van der Waals surface area (Å²) in [6.07, 6.45) is 1.48. The van der Waals surface area contributed by atoms with Crippen molar-refractivity contribution in [3.63, 3.8) is 0 Å². The molecule has 0 saturated carbocycles. The number of piperidine rings is 1. The molecular formula is C8H17NO2. The Morgan fingerprint density at radius 2 is 2.18 bits per heavy atom. The maximum atomic E-state index is 9.35. The molecule has 3 heteroatoms. The molecule has 0 amide bonds. The third kappa shape index (κ3) is 2.77. The van der Waals surface area contributed by atoms with Gasteiger partial charge < -0.3 is 15.1 Å². The number of likely N-dealkylation sites (tertiary alicyclic amines) is 1. The lowest BCUT2D eigenvalue weighted by Gasteiger charge is -2.32. The predicted molar refractivity (Wildman–Crippen MR) is 43.3 cm³/mol. The molecule has 1 saturated heterocycles. The van der Waals surface area contributed by atoms with Gasteiger partial charge in [-0.1, -0.05) is 0 Å². The normalized spacial score (nSPS) is 34.1. The maximum Gasteiger partial charge on any atom is 0.0670 e. The second-order valence-electron chi connectivity index (χ2n) is 3.49. The molecule has 0 aromatic heterocycles. The Balaban J connectivity index is 2.30. The van der Waals surface area contributed by atoms with Crippen LogP contribution in [-0.2, 0) is 0 Å². The van der Waals surface area contributed by atoms with E-state index in [4.69, 9.17) is 5.11 Å². The van der Waals surface area contributed by atoms with Gasteiger partial charge in [-0.15, -0.1) is 0 Å². The third-order valence-electron chi connectivity index (χ3n) is 2.24. The molecule has 1 rings (SSSR count). The minimum Gasteiger partial charge on any atom is -0.396 e. The third-order valence-corrected chi connectivity index (χ3v) is 2.24. The Labute approximate surface area is 67.6 Å². The molecule has 1 aliphatic rings. The van der Waals surface area contributed by atoms with E-state index in [0.717, 1.165) is 25.9 Å². The van der Waals surface area contributed by atoms with Gasteiger partial charge in [0.1, 0.15) is 0 Å². The van der Waals surface area contributed by atoms with Crippen LogP contribution in [-0.4, -0.2) is 48.0 Å². The first kappa shape index (κ1) is 8.97. The SMILES string of the molecule is CN1C[C@H](O)C[C@H](CCO)C1. The van der Waals surface area contributed by atoms with Crippen molar-refractivity contribution in [1.82, 2.24) is 4.90 Å². The van der Waals surface area contributed by atoms with Crippen molar-refractivity contribution in [2.75, 3.05) is 26.7 Å². The molecule has 2 N–H and O–H groups in total. The largest absolute Gasteiger partial charge is 0.396 e. The molecule has 66 valence electrons. The van der Waals surface area contributed by atoms with Crippen molar-refractivity contribution in [2.45, 2.75) is 18.9 Å². The Hall–Kier alpha value is -0.120. The smallest absolute Gasteiger partial charge is 0.0670 e. The zero-order valence-corrected chi connectivity index (χ0v) is 7.03. The van der Waals surface area contributed by atoms with Crippen LogP contribution in [0.2, 0.25) is 0 Å². The van der Waals surface area contributed by atoms with Crippen LogP contribution in [0.25, 0.3) is 0 Å². The molecule has 0 spiro atoms. The molecule has 1 aliphatic heterocycles. The molecule has 11 heavy (non-hydrogen) atoms. The summed E-state index contributed by atoms with van der Waals surface area (Å²) in [6.45, 7) is 2.03. The number of aliphatic hydroxyl groups excluding tert-OH is 2. The van der Waals surface area contributed by atoms with E-state index in [9.17, 15) is 5.11 Å². The highest BCUT2D eigenvalue weighted by atomic mass is 16.3. The maximum absolute atomic E-state index is 9.35. The van der Waals surface area contributed by atoms with E-state index in [-0.39, 0.29) is 12.7 Å².